The molecule has 2 heteroatoms. The predicted molar refractivity (Wildman–Crippen MR) is 47.4 cm³/mol. The zero-order valence-electron chi connectivity index (χ0n) is 5.59. The quantitative estimate of drug-likeness (QED) is 0.578. The van der Waals surface area contributed by atoms with Crippen LogP contribution in [0.3, 0.4) is 0 Å². The van der Waals surface area contributed by atoms with Crippen molar-refractivity contribution in [3.8, 4) is 0 Å². The predicted octanol–water partition coefficient (Wildman–Crippen LogP) is 1.67. The second-order valence-corrected chi connectivity index (χ2v) is 5.56. The van der Waals surface area contributed by atoms with Crippen LogP contribution in [0.4, 0.5) is 0 Å². The minimum absolute atomic E-state index is 0.0299. The van der Waals surface area contributed by atoms with Gasteiger partial charge in [-0.3, -0.25) is 0 Å². The molecule has 0 saturated carbocycles. The maximum absolute atomic E-state index is 5.58. The van der Waals surface area contributed by atoms with Crippen molar-refractivity contribution in [2.24, 2.45) is 0 Å². The molecule has 1 rings (SSSR count). The van der Waals surface area contributed by atoms with Crippen molar-refractivity contribution in [2.45, 2.75) is 4.47 Å². The molecule has 0 N–H and O–H groups in total. The Morgan fingerprint density at radius 1 is 1.20 bits per heavy atom. The van der Waals surface area contributed by atoms with Gasteiger partial charge in [0.2, 0.25) is 0 Å². The van der Waals surface area contributed by atoms with Gasteiger partial charge in [0.15, 0.2) is 0 Å². The number of halogens is 1. The van der Waals surface area contributed by atoms with E-state index in [4.69, 9.17) is 11.6 Å². The zero-order chi connectivity index (χ0) is 7.23. The molecular formula is C8H9ClTe. The third-order valence-electron chi connectivity index (χ3n) is 1.09. The molecular weight excluding hydrogens is 259 g/mol. The Labute approximate surface area is 76.7 Å². The summed E-state index contributed by atoms with van der Waals surface area (Å²) < 4.78 is 2.71. The summed E-state index contributed by atoms with van der Waals surface area (Å²) in [5, 5.41) is 0. The zero-order valence-corrected chi connectivity index (χ0v) is 8.67. The molecule has 1 aromatic carbocycles. The molecule has 0 atom stereocenters. The van der Waals surface area contributed by atoms with Crippen LogP contribution in [-0.4, -0.2) is 26.8 Å². The molecule has 0 amide bonds. The SMILES string of the molecule is ClCC[Te]c1ccccc1. The molecule has 54 valence electrons. The Kier molecular flexibility index (Phi) is 4.21. The molecule has 0 aliphatic carbocycles. The first-order valence-corrected chi connectivity index (χ1v) is 6.52. The van der Waals surface area contributed by atoms with Crippen molar-refractivity contribution < 1.29 is 0 Å². The second-order valence-electron chi connectivity index (χ2n) is 1.85. The summed E-state index contributed by atoms with van der Waals surface area (Å²) in [4.78, 5) is 0. The van der Waals surface area contributed by atoms with E-state index in [1.807, 2.05) is 0 Å². The van der Waals surface area contributed by atoms with Gasteiger partial charge in [-0.05, 0) is 0 Å². The normalized spacial score (nSPS) is 9.70. The molecule has 1 aromatic rings. The molecule has 0 heterocycles. The molecule has 0 unspecified atom stereocenters. The van der Waals surface area contributed by atoms with E-state index in [0.29, 0.717) is 0 Å². The fourth-order valence-electron chi connectivity index (χ4n) is 0.673. The van der Waals surface area contributed by atoms with E-state index in [1.165, 1.54) is 8.08 Å². The van der Waals surface area contributed by atoms with E-state index in [-0.39, 0.29) is 20.9 Å². The van der Waals surface area contributed by atoms with Crippen LogP contribution in [0.15, 0.2) is 30.3 Å². The van der Waals surface area contributed by atoms with Crippen molar-refractivity contribution in [2.75, 3.05) is 5.88 Å². The summed E-state index contributed by atoms with van der Waals surface area (Å²) in [7, 11) is 0. The Morgan fingerprint density at radius 3 is 2.50 bits per heavy atom. The number of rotatable bonds is 3. The van der Waals surface area contributed by atoms with Crippen molar-refractivity contribution in [1.29, 1.82) is 0 Å². The van der Waals surface area contributed by atoms with Crippen LogP contribution in [0.2, 0.25) is 4.47 Å². The van der Waals surface area contributed by atoms with E-state index < -0.39 is 0 Å². The number of hydrogen-bond donors (Lipinski definition) is 0. The van der Waals surface area contributed by atoms with Crippen molar-refractivity contribution in [1.82, 2.24) is 0 Å². The van der Waals surface area contributed by atoms with Gasteiger partial charge in [0.1, 0.15) is 0 Å². The summed E-state index contributed by atoms with van der Waals surface area (Å²) in [5.41, 5.74) is 0. The minimum atomic E-state index is 0.0299. The number of benzene rings is 1. The van der Waals surface area contributed by atoms with Crippen LogP contribution >= 0.6 is 11.6 Å². The topological polar surface area (TPSA) is 0 Å². The fraction of sp³-hybridized carbons (Fsp3) is 0.250. The molecule has 0 spiro atoms. The van der Waals surface area contributed by atoms with Crippen LogP contribution in [0, 0.1) is 0 Å². The van der Waals surface area contributed by atoms with Gasteiger partial charge in [-0.1, -0.05) is 0 Å². The third kappa shape index (κ3) is 2.92. The van der Waals surface area contributed by atoms with Gasteiger partial charge in [0.25, 0.3) is 0 Å². The Hall–Kier alpha value is 0.300. The maximum atomic E-state index is 5.58. The van der Waals surface area contributed by atoms with Gasteiger partial charge < -0.3 is 0 Å². The molecule has 10 heavy (non-hydrogen) atoms. The monoisotopic (exact) mass is 270 g/mol. The molecule has 0 aliphatic heterocycles. The van der Waals surface area contributed by atoms with Crippen LogP contribution in [0.5, 0.6) is 0 Å². The molecule has 0 radical (unpaired) electrons. The third-order valence-corrected chi connectivity index (χ3v) is 4.88. The van der Waals surface area contributed by atoms with Gasteiger partial charge in [0.05, 0.1) is 0 Å². The van der Waals surface area contributed by atoms with Crippen LogP contribution in [-0.2, 0) is 0 Å². The molecule has 0 bridgehead atoms. The molecule has 0 aromatic heterocycles. The Balaban J connectivity index is 2.43. The Morgan fingerprint density at radius 2 is 1.90 bits per heavy atom. The summed E-state index contributed by atoms with van der Waals surface area (Å²) in [5.74, 6) is 0.817. The van der Waals surface area contributed by atoms with Crippen LogP contribution in [0.25, 0.3) is 0 Å². The van der Waals surface area contributed by atoms with E-state index in [0.717, 1.165) is 5.88 Å². The average Bonchev–Trinajstić information content (AvgIpc) is 2.03. The second kappa shape index (κ2) is 5.02. The van der Waals surface area contributed by atoms with E-state index >= 15 is 0 Å². The summed E-state index contributed by atoms with van der Waals surface area (Å²) in [6.07, 6.45) is 0. The summed E-state index contributed by atoms with van der Waals surface area (Å²) >= 11 is 5.61. The van der Waals surface area contributed by atoms with Gasteiger partial charge >= 0.3 is 76.8 Å². The fourth-order valence-corrected chi connectivity index (χ4v) is 3.08. The van der Waals surface area contributed by atoms with E-state index in [2.05, 4.69) is 30.3 Å². The van der Waals surface area contributed by atoms with Crippen LogP contribution < -0.4 is 3.61 Å². The standard InChI is InChI=1S/C8H9ClTe/c9-6-7-10-8-4-2-1-3-5-8/h1-5H,6-7H2. The first-order chi connectivity index (χ1) is 4.93. The first-order valence-electron chi connectivity index (χ1n) is 3.17. The molecule has 0 saturated heterocycles. The van der Waals surface area contributed by atoms with Crippen LogP contribution in [0.1, 0.15) is 0 Å². The van der Waals surface area contributed by atoms with Gasteiger partial charge in [-0.25, -0.2) is 0 Å². The molecule has 0 aliphatic rings. The van der Waals surface area contributed by atoms with Gasteiger partial charge in [0, 0.05) is 0 Å². The first kappa shape index (κ1) is 8.40. The van der Waals surface area contributed by atoms with Gasteiger partial charge in [-0.15, -0.1) is 0 Å². The average molecular weight is 268 g/mol. The summed E-state index contributed by atoms with van der Waals surface area (Å²) in [6.45, 7) is 0. The summed E-state index contributed by atoms with van der Waals surface area (Å²) in [6, 6.07) is 10.6. The van der Waals surface area contributed by atoms with E-state index in [1.54, 1.807) is 0 Å². The molecule has 0 nitrogen and oxygen atoms in total. The van der Waals surface area contributed by atoms with Gasteiger partial charge in [-0.2, -0.15) is 0 Å². The van der Waals surface area contributed by atoms with Crippen molar-refractivity contribution in [3.05, 3.63) is 30.3 Å². The Bertz CT molecular complexity index is 174. The van der Waals surface area contributed by atoms with E-state index in [9.17, 15) is 0 Å². The number of hydrogen-bond acceptors (Lipinski definition) is 0. The molecule has 0 fully saturated rings. The van der Waals surface area contributed by atoms with Crippen molar-refractivity contribution >= 4 is 36.1 Å². The van der Waals surface area contributed by atoms with Crippen molar-refractivity contribution in [3.63, 3.8) is 0 Å². The number of alkyl halides is 1.